The SMILES string of the molecule is CC1CN(C(=O)Nc2ccc(F)cc2F)CCN1S(=O)(=O)c1cccc(F)c1. The lowest BCUT2D eigenvalue weighted by atomic mass is 10.2. The Balaban J connectivity index is 1.70. The van der Waals surface area contributed by atoms with Gasteiger partial charge in [0, 0.05) is 31.7 Å². The molecule has 10 heteroatoms. The first-order chi connectivity index (χ1) is 13.2. The van der Waals surface area contributed by atoms with E-state index in [1.807, 2.05) is 0 Å². The van der Waals surface area contributed by atoms with Crippen LogP contribution in [0.15, 0.2) is 47.4 Å². The monoisotopic (exact) mass is 413 g/mol. The number of hydrogen-bond acceptors (Lipinski definition) is 3. The molecule has 0 bridgehead atoms. The lowest BCUT2D eigenvalue weighted by molar-refractivity contribution is 0.157. The summed E-state index contributed by atoms with van der Waals surface area (Å²) < 4.78 is 66.8. The zero-order valence-electron chi connectivity index (χ0n) is 14.9. The maximum atomic E-state index is 13.7. The summed E-state index contributed by atoms with van der Waals surface area (Å²) in [6.45, 7) is 1.74. The maximum absolute atomic E-state index is 13.7. The number of nitrogens with one attached hydrogen (secondary N) is 1. The largest absolute Gasteiger partial charge is 0.322 e. The molecular formula is C18H18F3N3O3S. The quantitative estimate of drug-likeness (QED) is 0.841. The third-order valence-corrected chi connectivity index (χ3v) is 6.44. The number of piperazine rings is 1. The van der Waals surface area contributed by atoms with E-state index in [0.717, 1.165) is 24.3 Å². The van der Waals surface area contributed by atoms with Gasteiger partial charge in [0.1, 0.15) is 17.5 Å². The van der Waals surface area contributed by atoms with Gasteiger partial charge in [0.15, 0.2) is 0 Å². The predicted octanol–water partition coefficient (Wildman–Crippen LogP) is 3.03. The molecule has 1 aliphatic rings. The molecule has 1 N–H and O–H groups in total. The molecule has 6 nitrogen and oxygen atoms in total. The molecule has 1 unspecified atom stereocenters. The summed E-state index contributed by atoms with van der Waals surface area (Å²) in [5.74, 6) is -2.33. The molecule has 1 aliphatic heterocycles. The van der Waals surface area contributed by atoms with E-state index >= 15 is 0 Å². The van der Waals surface area contributed by atoms with Gasteiger partial charge in [0.25, 0.3) is 0 Å². The summed E-state index contributed by atoms with van der Waals surface area (Å²) in [6.07, 6.45) is 0. The van der Waals surface area contributed by atoms with Crippen LogP contribution >= 0.6 is 0 Å². The normalized spacial score (nSPS) is 18.1. The summed E-state index contributed by atoms with van der Waals surface area (Å²) in [6, 6.07) is 6.29. The Labute approximate surface area is 160 Å². The third-order valence-electron chi connectivity index (χ3n) is 4.43. The summed E-state index contributed by atoms with van der Waals surface area (Å²) in [7, 11) is -3.92. The van der Waals surface area contributed by atoms with Crippen molar-refractivity contribution in [3.63, 3.8) is 0 Å². The summed E-state index contributed by atoms with van der Waals surface area (Å²) >= 11 is 0. The van der Waals surface area contributed by atoms with Crippen LogP contribution < -0.4 is 5.32 Å². The van der Waals surface area contributed by atoms with Crippen LogP contribution in [0.25, 0.3) is 0 Å². The fourth-order valence-electron chi connectivity index (χ4n) is 3.03. The molecule has 28 heavy (non-hydrogen) atoms. The lowest BCUT2D eigenvalue weighted by Crippen LogP contribution is -2.56. The van der Waals surface area contributed by atoms with Crippen LogP contribution in [0.4, 0.5) is 23.7 Å². The highest BCUT2D eigenvalue weighted by Crippen LogP contribution is 2.23. The standard InChI is InChI=1S/C18H18F3N3O3S/c1-12-11-23(18(25)22-17-6-5-14(20)10-16(17)21)7-8-24(12)28(26,27)15-4-2-3-13(19)9-15/h2-6,9-10,12H,7-8,11H2,1H3,(H,22,25). The molecule has 150 valence electrons. The van der Waals surface area contributed by atoms with Gasteiger partial charge in [0.05, 0.1) is 10.6 Å². The smallest absolute Gasteiger partial charge is 0.322 e. The molecule has 2 amide bonds. The molecule has 3 rings (SSSR count). The zero-order valence-corrected chi connectivity index (χ0v) is 15.7. The van der Waals surface area contributed by atoms with Crippen LogP contribution in [-0.2, 0) is 10.0 Å². The van der Waals surface area contributed by atoms with Crippen molar-refractivity contribution in [2.24, 2.45) is 0 Å². The number of urea groups is 1. The fourth-order valence-corrected chi connectivity index (χ4v) is 4.68. The minimum Gasteiger partial charge on any atom is -0.322 e. The topological polar surface area (TPSA) is 69.7 Å². The Hall–Kier alpha value is -2.59. The van der Waals surface area contributed by atoms with Crippen molar-refractivity contribution in [3.05, 3.63) is 59.9 Å². The molecule has 1 heterocycles. The van der Waals surface area contributed by atoms with Crippen molar-refractivity contribution in [1.82, 2.24) is 9.21 Å². The Morgan fingerprint density at radius 1 is 1.07 bits per heavy atom. The van der Waals surface area contributed by atoms with Gasteiger partial charge in [-0.25, -0.2) is 26.4 Å². The Kier molecular flexibility index (Phi) is 5.61. The molecule has 2 aromatic carbocycles. The van der Waals surface area contributed by atoms with Gasteiger partial charge in [-0.1, -0.05) is 6.07 Å². The molecule has 0 aliphatic carbocycles. The molecule has 0 aromatic heterocycles. The van der Waals surface area contributed by atoms with Gasteiger partial charge >= 0.3 is 6.03 Å². The van der Waals surface area contributed by atoms with Crippen LogP contribution in [0, 0.1) is 17.5 Å². The van der Waals surface area contributed by atoms with Crippen molar-refractivity contribution >= 4 is 21.7 Å². The highest BCUT2D eigenvalue weighted by atomic mass is 32.2. The summed E-state index contributed by atoms with van der Waals surface area (Å²) in [5, 5.41) is 2.35. The Morgan fingerprint density at radius 2 is 1.79 bits per heavy atom. The highest BCUT2D eigenvalue weighted by Gasteiger charge is 2.35. The van der Waals surface area contributed by atoms with E-state index < -0.39 is 39.5 Å². The van der Waals surface area contributed by atoms with E-state index in [1.54, 1.807) is 6.92 Å². The first-order valence-electron chi connectivity index (χ1n) is 8.47. The van der Waals surface area contributed by atoms with Crippen molar-refractivity contribution in [3.8, 4) is 0 Å². The minimum absolute atomic E-state index is 0.000661. The van der Waals surface area contributed by atoms with E-state index in [0.29, 0.717) is 6.07 Å². The molecule has 1 fully saturated rings. The number of amides is 2. The predicted molar refractivity (Wildman–Crippen MR) is 96.7 cm³/mol. The number of rotatable bonds is 3. The number of carbonyl (C=O) groups excluding carboxylic acids is 1. The van der Waals surface area contributed by atoms with Gasteiger partial charge in [-0.15, -0.1) is 0 Å². The van der Waals surface area contributed by atoms with Gasteiger partial charge in [-0.3, -0.25) is 0 Å². The van der Waals surface area contributed by atoms with Gasteiger partial charge in [0.2, 0.25) is 10.0 Å². The molecule has 0 spiro atoms. The molecular weight excluding hydrogens is 395 g/mol. The summed E-state index contributed by atoms with van der Waals surface area (Å²) in [4.78, 5) is 13.5. The number of nitrogens with zero attached hydrogens (tertiary/aromatic N) is 2. The third kappa shape index (κ3) is 4.12. The van der Waals surface area contributed by atoms with Crippen molar-refractivity contribution in [1.29, 1.82) is 0 Å². The number of benzene rings is 2. The van der Waals surface area contributed by atoms with E-state index in [9.17, 15) is 26.4 Å². The van der Waals surface area contributed by atoms with Crippen molar-refractivity contribution in [2.45, 2.75) is 17.9 Å². The molecule has 1 atom stereocenters. The van der Waals surface area contributed by atoms with Gasteiger partial charge < -0.3 is 10.2 Å². The molecule has 0 radical (unpaired) electrons. The number of sulfonamides is 1. The minimum atomic E-state index is -3.92. The molecule has 2 aromatic rings. The second kappa shape index (κ2) is 7.80. The summed E-state index contributed by atoms with van der Waals surface area (Å²) in [5.41, 5.74) is -0.172. The maximum Gasteiger partial charge on any atom is 0.322 e. The molecule has 0 saturated carbocycles. The Morgan fingerprint density at radius 3 is 2.43 bits per heavy atom. The van der Waals surface area contributed by atoms with E-state index in [2.05, 4.69) is 5.32 Å². The van der Waals surface area contributed by atoms with Crippen LogP contribution in [0.2, 0.25) is 0 Å². The first kappa shape index (κ1) is 20.2. The fraction of sp³-hybridized carbons (Fsp3) is 0.278. The van der Waals surface area contributed by atoms with Gasteiger partial charge in [-0.05, 0) is 37.3 Å². The molecule has 1 saturated heterocycles. The highest BCUT2D eigenvalue weighted by molar-refractivity contribution is 7.89. The van der Waals surface area contributed by atoms with E-state index in [-0.39, 0.29) is 30.2 Å². The number of hydrogen-bond donors (Lipinski definition) is 1. The van der Waals surface area contributed by atoms with Crippen LogP contribution in [0.5, 0.6) is 0 Å². The van der Waals surface area contributed by atoms with Crippen LogP contribution in [-0.4, -0.2) is 49.3 Å². The van der Waals surface area contributed by atoms with Crippen LogP contribution in [0.3, 0.4) is 0 Å². The first-order valence-corrected chi connectivity index (χ1v) is 9.91. The van der Waals surface area contributed by atoms with Crippen molar-refractivity contribution < 1.29 is 26.4 Å². The second-order valence-corrected chi connectivity index (χ2v) is 8.31. The average molecular weight is 413 g/mol. The lowest BCUT2D eigenvalue weighted by Gasteiger charge is -2.38. The van der Waals surface area contributed by atoms with Gasteiger partial charge in [-0.2, -0.15) is 4.31 Å². The number of carbonyl (C=O) groups is 1. The number of anilines is 1. The van der Waals surface area contributed by atoms with E-state index in [1.165, 1.54) is 21.3 Å². The second-order valence-electron chi connectivity index (χ2n) is 6.42. The zero-order chi connectivity index (χ0) is 20.5. The average Bonchev–Trinajstić information content (AvgIpc) is 2.63. The van der Waals surface area contributed by atoms with Crippen LogP contribution in [0.1, 0.15) is 6.92 Å². The van der Waals surface area contributed by atoms with E-state index in [4.69, 9.17) is 0 Å². The van der Waals surface area contributed by atoms with Crippen molar-refractivity contribution in [2.75, 3.05) is 25.0 Å². The Bertz CT molecular complexity index is 1000. The number of halogens is 3.